The SMILES string of the molecule is CCC1CCC(C[C@@H](O)[C@@H]2Cc3cccc(C(=O)N4C5CCC4COC5)c3CN2)CC1. The molecule has 4 atom stereocenters. The van der Waals surface area contributed by atoms with E-state index in [0.717, 1.165) is 42.7 Å². The Balaban J connectivity index is 1.24. The van der Waals surface area contributed by atoms with Crippen LogP contribution >= 0.6 is 0 Å². The van der Waals surface area contributed by atoms with Gasteiger partial charge in [0.05, 0.1) is 31.4 Å². The van der Waals surface area contributed by atoms with Crippen LogP contribution in [-0.2, 0) is 17.7 Å². The molecule has 2 unspecified atom stereocenters. The topological polar surface area (TPSA) is 61.8 Å². The Morgan fingerprint density at radius 3 is 2.55 bits per heavy atom. The molecule has 1 amide bonds. The smallest absolute Gasteiger partial charge is 0.254 e. The number of morpholine rings is 1. The zero-order valence-electron chi connectivity index (χ0n) is 18.9. The molecule has 170 valence electrons. The van der Waals surface area contributed by atoms with Gasteiger partial charge in [-0.05, 0) is 54.7 Å². The quantitative estimate of drug-likeness (QED) is 0.754. The van der Waals surface area contributed by atoms with Crippen LogP contribution in [0.5, 0.6) is 0 Å². The van der Waals surface area contributed by atoms with E-state index in [2.05, 4.69) is 23.2 Å². The Bertz CT molecular complexity index is 773. The predicted octanol–water partition coefficient (Wildman–Crippen LogP) is 3.67. The molecule has 5 rings (SSSR count). The van der Waals surface area contributed by atoms with Crippen LogP contribution in [0.15, 0.2) is 18.2 Å². The third-order valence-electron chi connectivity index (χ3n) is 8.54. The summed E-state index contributed by atoms with van der Waals surface area (Å²) in [5.41, 5.74) is 3.20. The molecule has 1 saturated carbocycles. The Labute approximate surface area is 186 Å². The molecule has 2 N–H and O–H groups in total. The third kappa shape index (κ3) is 4.29. The first-order valence-electron chi connectivity index (χ1n) is 12.6. The van der Waals surface area contributed by atoms with E-state index in [1.54, 1.807) is 0 Å². The van der Waals surface area contributed by atoms with Crippen molar-refractivity contribution < 1.29 is 14.6 Å². The zero-order valence-corrected chi connectivity index (χ0v) is 18.9. The number of carbonyl (C=O) groups excluding carboxylic acids is 1. The van der Waals surface area contributed by atoms with Gasteiger partial charge in [0.15, 0.2) is 0 Å². The van der Waals surface area contributed by atoms with E-state index in [1.165, 1.54) is 37.7 Å². The second-order valence-electron chi connectivity index (χ2n) is 10.4. The molecule has 3 aliphatic heterocycles. The summed E-state index contributed by atoms with van der Waals surface area (Å²) in [5.74, 6) is 1.72. The van der Waals surface area contributed by atoms with E-state index in [1.807, 2.05) is 12.1 Å². The highest BCUT2D eigenvalue weighted by atomic mass is 16.5. The van der Waals surface area contributed by atoms with Gasteiger partial charge in [0.1, 0.15) is 0 Å². The molecular weight excluding hydrogens is 388 g/mol. The van der Waals surface area contributed by atoms with Crippen molar-refractivity contribution in [3.05, 3.63) is 34.9 Å². The van der Waals surface area contributed by atoms with Crippen molar-refractivity contribution in [1.29, 1.82) is 0 Å². The standard InChI is InChI=1S/C26H38N2O3/c1-2-17-6-8-18(9-7-17)12-25(29)24-13-19-4-3-5-22(23(19)14-27-24)26(30)28-20-10-11-21(28)16-31-15-20/h3-5,17-18,20-21,24-25,27,29H,2,6-16H2,1H3/t17?,18?,20?,21?,24-,25+/m0/s1. The molecule has 3 fully saturated rings. The van der Waals surface area contributed by atoms with E-state index >= 15 is 0 Å². The fourth-order valence-corrected chi connectivity index (χ4v) is 6.53. The summed E-state index contributed by atoms with van der Waals surface area (Å²) in [6, 6.07) is 6.71. The van der Waals surface area contributed by atoms with Gasteiger partial charge >= 0.3 is 0 Å². The predicted molar refractivity (Wildman–Crippen MR) is 121 cm³/mol. The second-order valence-corrected chi connectivity index (χ2v) is 10.4. The van der Waals surface area contributed by atoms with Gasteiger partial charge < -0.3 is 20.1 Å². The van der Waals surface area contributed by atoms with Crippen molar-refractivity contribution in [3.63, 3.8) is 0 Å². The lowest BCUT2D eigenvalue weighted by Crippen LogP contribution is -2.50. The maximum Gasteiger partial charge on any atom is 0.254 e. The van der Waals surface area contributed by atoms with Crippen molar-refractivity contribution in [1.82, 2.24) is 10.2 Å². The van der Waals surface area contributed by atoms with E-state index in [4.69, 9.17) is 4.74 Å². The fourth-order valence-electron chi connectivity index (χ4n) is 6.53. The first-order valence-corrected chi connectivity index (χ1v) is 12.6. The molecular formula is C26H38N2O3. The van der Waals surface area contributed by atoms with Gasteiger partial charge in [0.2, 0.25) is 0 Å². The van der Waals surface area contributed by atoms with Crippen LogP contribution in [-0.4, -0.2) is 53.4 Å². The van der Waals surface area contributed by atoms with Gasteiger partial charge in [0.25, 0.3) is 5.91 Å². The lowest BCUT2D eigenvalue weighted by Gasteiger charge is -2.37. The number of carbonyl (C=O) groups is 1. The number of fused-ring (bicyclic) bond motifs is 3. The van der Waals surface area contributed by atoms with Crippen LogP contribution in [0.4, 0.5) is 0 Å². The second kappa shape index (κ2) is 9.21. The summed E-state index contributed by atoms with van der Waals surface area (Å²) in [6.07, 6.45) is 9.97. The molecule has 5 heteroatoms. The first-order chi connectivity index (χ1) is 15.1. The van der Waals surface area contributed by atoms with Crippen molar-refractivity contribution in [2.75, 3.05) is 13.2 Å². The number of nitrogens with zero attached hydrogens (tertiary/aromatic N) is 1. The summed E-state index contributed by atoms with van der Waals surface area (Å²) >= 11 is 0. The van der Waals surface area contributed by atoms with Gasteiger partial charge in [-0.15, -0.1) is 0 Å². The largest absolute Gasteiger partial charge is 0.391 e. The Hall–Kier alpha value is -1.43. The number of hydrogen-bond donors (Lipinski definition) is 2. The monoisotopic (exact) mass is 426 g/mol. The zero-order chi connectivity index (χ0) is 21.4. The van der Waals surface area contributed by atoms with Crippen LogP contribution in [0.2, 0.25) is 0 Å². The van der Waals surface area contributed by atoms with Crippen molar-refractivity contribution in [3.8, 4) is 0 Å². The molecule has 1 aliphatic carbocycles. The average molecular weight is 427 g/mol. The van der Waals surface area contributed by atoms with Crippen LogP contribution < -0.4 is 5.32 Å². The summed E-state index contributed by atoms with van der Waals surface area (Å²) in [4.78, 5) is 15.5. The molecule has 1 aromatic carbocycles. The molecule has 0 aromatic heterocycles. The molecule has 1 aromatic rings. The van der Waals surface area contributed by atoms with E-state index in [0.29, 0.717) is 25.7 Å². The van der Waals surface area contributed by atoms with Gasteiger partial charge in [0, 0.05) is 18.2 Å². The number of nitrogens with one attached hydrogen (secondary N) is 1. The average Bonchev–Trinajstić information content (AvgIpc) is 3.06. The number of benzene rings is 1. The maximum absolute atomic E-state index is 13.5. The molecule has 4 aliphatic rings. The maximum atomic E-state index is 13.5. The van der Waals surface area contributed by atoms with Crippen molar-refractivity contribution in [2.24, 2.45) is 11.8 Å². The lowest BCUT2D eigenvalue weighted by molar-refractivity contribution is -0.00725. The summed E-state index contributed by atoms with van der Waals surface area (Å²) in [7, 11) is 0. The minimum absolute atomic E-state index is 0.0846. The number of ether oxygens (including phenoxy) is 1. The summed E-state index contributed by atoms with van der Waals surface area (Å²) < 4.78 is 5.67. The van der Waals surface area contributed by atoms with Crippen molar-refractivity contribution >= 4 is 5.91 Å². The first kappa shape index (κ1) is 21.4. The summed E-state index contributed by atoms with van der Waals surface area (Å²) in [6.45, 7) is 4.31. The minimum atomic E-state index is -0.314. The normalized spacial score (nSPS) is 33.7. The molecule has 3 heterocycles. The Morgan fingerprint density at radius 2 is 1.84 bits per heavy atom. The van der Waals surface area contributed by atoms with Gasteiger partial charge in [-0.3, -0.25) is 4.79 Å². The fraction of sp³-hybridized carbons (Fsp3) is 0.731. The van der Waals surface area contributed by atoms with Crippen LogP contribution in [0.1, 0.15) is 79.8 Å². The number of amides is 1. The van der Waals surface area contributed by atoms with Crippen LogP contribution in [0.3, 0.4) is 0 Å². The molecule has 0 spiro atoms. The highest BCUT2D eigenvalue weighted by Crippen LogP contribution is 2.35. The van der Waals surface area contributed by atoms with E-state index in [-0.39, 0.29) is 30.1 Å². The molecule has 2 saturated heterocycles. The molecule has 31 heavy (non-hydrogen) atoms. The molecule has 5 nitrogen and oxygen atoms in total. The minimum Gasteiger partial charge on any atom is -0.391 e. The molecule has 2 bridgehead atoms. The van der Waals surface area contributed by atoms with Gasteiger partial charge in [-0.1, -0.05) is 51.2 Å². The third-order valence-corrected chi connectivity index (χ3v) is 8.54. The van der Waals surface area contributed by atoms with Gasteiger partial charge in [-0.2, -0.15) is 0 Å². The van der Waals surface area contributed by atoms with E-state index in [9.17, 15) is 9.90 Å². The van der Waals surface area contributed by atoms with Crippen molar-refractivity contribution in [2.45, 2.75) is 95.5 Å². The number of rotatable bonds is 5. The number of hydrogen-bond acceptors (Lipinski definition) is 4. The lowest BCUT2D eigenvalue weighted by atomic mass is 9.77. The Kier molecular flexibility index (Phi) is 6.36. The number of aliphatic hydroxyl groups is 1. The van der Waals surface area contributed by atoms with Crippen LogP contribution in [0, 0.1) is 11.8 Å². The molecule has 0 radical (unpaired) electrons. The number of aliphatic hydroxyl groups excluding tert-OH is 1. The highest BCUT2D eigenvalue weighted by molar-refractivity contribution is 5.96. The van der Waals surface area contributed by atoms with Gasteiger partial charge in [-0.25, -0.2) is 0 Å². The van der Waals surface area contributed by atoms with Crippen LogP contribution in [0.25, 0.3) is 0 Å². The van der Waals surface area contributed by atoms with E-state index < -0.39 is 0 Å². The highest BCUT2D eigenvalue weighted by Gasteiger charge is 2.41. The summed E-state index contributed by atoms with van der Waals surface area (Å²) in [5, 5.41) is 14.6. The Morgan fingerprint density at radius 1 is 1.13 bits per heavy atom.